The fourth-order valence-corrected chi connectivity index (χ4v) is 6.05. The Morgan fingerprint density at radius 3 is 2.08 bits per heavy atom. The van der Waals surface area contributed by atoms with E-state index in [4.69, 9.17) is 40.0 Å². The van der Waals surface area contributed by atoms with E-state index in [1.165, 1.54) is 11.3 Å². The Hall–Kier alpha value is -2.79. The summed E-state index contributed by atoms with van der Waals surface area (Å²) in [6.45, 7) is 14.4. The smallest absolute Gasteiger partial charge is 0.188 e. The molecule has 0 unspecified atom stereocenters. The lowest BCUT2D eigenvalue weighted by Gasteiger charge is -2.35. The molecule has 1 aliphatic rings. The van der Waals surface area contributed by atoms with Gasteiger partial charge in [-0.15, -0.1) is 0 Å². The van der Waals surface area contributed by atoms with Crippen LogP contribution in [0.25, 0.3) is 0 Å². The van der Waals surface area contributed by atoms with Gasteiger partial charge in [0.1, 0.15) is 17.5 Å². The molecule has 49 heavy (non-hydrogen) atoms. The van der Waals surface area contributed by atoms with Gasteiger partial charge in [0, 0.05) is 57.3 Å². The van der Waals surface area contributed by atoms with E-state index in [0.29, 0.717) is 99.3 Å². The Labute approximate surface area is 298 Å². The molecule has 0 saturated carbocycles. The number of aromatic nitrogens is 3. The average Bonchev–Trinajstić information content (AvgIpc) is 3.56. The standard InChI is InChI=1S/C34H49ClN6O7S/c1-26-5-4-6-29(35)28(26)23-30(42)31-25-36-34(49-31)39-32-24-33(38-27(2)37-32)41-9-7-40(8-10-41)11-12-44-15-16-46-19-20-48-22-21-47-18-17-45-14-13-43-3/h4-6,24-25H,7-23H2,1-3H3,(H,36,37,38,39). The highest BCUT2D eigenvalue weighted by atomic mass is 35.5. The molecule has 1 fully saturated rings. The number of ether oxygens (including phenoxy) is 6. The van der Waals surface area contributed by atoms with Gasteiger partial charge in [-0.1, -0.05) is 35.1 Å². The minimum absolute atomic E-state index is 0.0197. The normalized spacial score (nSPS) is 13.7. The molecule has 1 aliphatic heterocycles. The number of aryl methyl sites for hydroxylation is 2. The molecule has 2 aromatic heterocycles. The number of anilines is 3. The number of thiazole rings is 1. The molecule has 1 saturated heterocycles. The number of halogens is 1. The summed E-state index contributed by atoms with van der Waals surface area (Å²) in [5.41, 5.74) is 1.84. The van der Waals surface area contributed by atoms with Crippen molar-refractivity contribution in [3.05, 3.63) is 57.3 Å². The second kappa shape index (κ2) is 22.1. The molecule has 270 valence electrons. The zero-order valence-electron chi connectivity index (χ0n) is 28.8. The van der Waals surface area contributed by atoms with E-state index in [2.05, 4.69) is 30.1 Å². The van der Waals surface area contributed by atoms with E-state index in [1.807, 2.05) is 38.1 Å². The maximum Gasteiger partial charge on any atom is 0.188 e. The van der Waals surface area contributed by atoms with Gasteiger partial charge in [-0.3, -0.25) is 9.69 Å². The number of hydrogen-bond acceptors (Lipinski definition) is 14. The Bertz CT molecular complexity index is 1390. The Balaban J connectivity index is 1.06. The van der Waals surface area contributed by atoms with Crippen LogP contribution in [0.4, 0.5) is 16.8 Å². The Kier molecular flexibility index (Phi) is 17.6. The van der Waals surface area contributed by atoms with Gasteiger partial charge < -0.3 is 38.6 Å². The number of benzene rings is 1. The van der Waals surface area contributed by atoms with E-state index in [0.717, 1.165) is 49.7 Å². The lowest BCUT2D eigenvalue weighted by atomic mass is 10.0. The topological polar surface area (TPSA) is 130 Å². The van der Waals surface area contributed by atoms with Gasteiger partial charge in [0.05, 0.1) is 83.7 Å². The highest BCUT2D eigenvalue weighted by Crippen LogP contribution is 2.27. The van der Waals surface area contributed by atoms with Crippen molar-refractivity contribution in [2.24, 2.45) is 0 Å². The van der Waals surface area contributed by atoms with E-state index in [1.54, 1.807) is 13.3 Å². The van der Waals surface area contributed by atoms with Gasteiger partial charge in [-0.2, -0.15) is 0 Å². The number of nitrogens with zero attached hydrogens (tertiary/aromatic N) is 5. The summed E-state index contributed by atoms with van der Waals surface area (Å²) in [5.74, 6) is 2.15. The lowest BCUT2D eigenvalue weighted by molar-refractivity contribution is -0.0156. The molecule has 0 bridgehead atoms. The number of hydrogen-bond donors (Lipinski definition) is 1. The van der Waals surface area contributed by atoms with Crippen LogP contribution in [0.3, 0.4) is 0 Å². The van der Waals surface area contributed by atoms with Crippen LogP contribution in [0, 0.1) is 13.8 Å². The van der Waals surface area contributed by atoms with Gasteiger partial charge in [0.15, 0.2) is 10.9 Å². The average molecular weight is 721 g/mol. The van der Waals surface area contributed by atoms with Crippen molar-refractivity contribution in [1.29, 1.82) is 0 Å². The van der Waals surface area contributed by atoms with Crippen LogP contribution in [0.15, 0.2) is 30.5 Å². The number of carbonyl (C=O) groups is 1. The van der Waals surface area contributed by atoms with Crippen LogP contribution >= 0.6 is 22.9 Å². The second-order valence-electron chi connectivity index (χ2n) is 11.3. The Morgan fingerprint density at radius 1 is 0.857 bits per heavy atom. The maximum absolute atomic E-state index is 13.0. The van der Waals surface area contributed by atoms with Crippen molar-refractivity contribution in [2.45, 2.75) is 20.3 Å². The molecule has 0 atom stereocenters. The molecule has 3 aromatic rings. The van der Waals surface area contributed by atoms with E-state index in [9.17, 15) is 4.79 Å². The van der Waals surface area contributed by atoms with Crippen LogP contribution in [0.5, 0.6) is 0 Å². The molecular formula is C34H49ClN6O7S. The van der Waals surface area contributed by atoms with Crippen molar-refractivity contribution in [3.63, 3.8) is 0 Å². The summed E-state index contributed by atoms with van der Waals surface area (Å²) in [4.78, 5) is 31.8. The van der Waals surface area contributed by atoms with Crippen LogP contribution in [-0.2, 0) is 34.8 Å². The second-order valence-corrected chi connectivity index (χ2v) is 12.8. The summed E-state index contributed by atoms with van der Waals surface area (Å²) in [6.07, 6.45) is 1.84. The van der Waals surface area contributed by atoms with Gasteiger partial charge >= 0.3 is 0 Å². The predicted octanol–water partition coefficient (Wildman–Crippen LogP) is 4.22. The van der Waals surface area contributed by atoms with E-state index < -0.39 is 0 Å². The van der Waals surface area contributed by atoms with E-state index in [-0.39, 0.29) is 12.2 Å². The third-order valence-electron chi connectivity index (χ3n) is 7.70. The zero-order chi connectivity index (χ0) is 34.7. The molecule has 0 aliphatic carbocycles. The summed E-state index contributed by atoms with van der Waals surface area (Å²) >= 11 is 7.64. The van der Waals surface area contributed by atoms with Crippen molar-refractivity contribution >= 4 is 45.5 Å². The molecule has 15 heteroatoms. The number of ketones is 1. The van der Waals surface area contributed by atoms with Crippen LogP contribution in [-0.4, -0.2) is 138 Å². The van der Waals surface area contributed by atoms with Gasteiger partial charge in [-0.25, -0.2) is 15.0 Å². The van der Waals surface area contributed by atoms with Gasteiger partial charge in [-0.05, 0) is 31.0 Å². The number of piperazine rings is 1. The zero-order valence-corrected chi connectivity index (χ0v) is 30.4. The molecule has 0 spiro atoms. The molecule has 1 aromatic carbocycles. The molecule has 0 radical (unpaired) electrons. The fourth-order valence-electron chi connectivity index (χ4n) is 5.00. The SMILES string of the molecule is COCCOCCOCCOCCOCCOCCN1CCN(c2cc(Nc3ncc(C(=O)Cc4c(C)cccc4Cl)s3)nc(C)n2)CC1. The minimum atomic E-state index is -0.0197. The number of Topliss-reactive ketones (excluding diaryl/α,β-unsaturated/α-hetero) is 1. The maximum atomic E-state index is 13.0. The van der Waals surface area contributed by atoms with Crippen LogP contribution in [0.2, 0.25) is 5.02 Å². The summed E-state index contributed by atoms with van der Waals surface area (Å²) in [7, 11) is 1.65. The Morgan fingerprint density at radius 2 is 1.47 bits per heavy atom. The quantitative estimate of drug-likeness (QED) is 0.105. The molecule has 0 amide bonds. The third-order valence-corrected chi connectivity index (χ3v) is 9.01. The van der Waals surface area contributed by atoms with E-state index >= 15 is 0 Å². The predicted molar refractivity (Wildman–Crippen MR) is 191 cm³/mol. The molecule has 1 N–H and O–H groups in total. The third kappa shape index (κ3) is 14.2. The largest absolute Gasteiger partial charge is 0.382 e. The monoisotopic (exact) mass is 720 g/mol. The number of rotatable bonds is 24. The molecule has 4 rings (SSSR count). The van der Waals surface area contributed by atoms with Crippen LogP contribution < -0.4 is 10.2 Å². The van der Waals surface area contributed by atoms with Crippen molar-refractivity contribution in [1.82, 2.24) is 19.9 Å². The first-order valence-corrected chi connectivity index (χ1v) is 17.8. The molecule has 13 nitrogen and oxygen atoms in total. The number of nitrogens with one attached hydrogen (secondary N) is 1. The summed E-state index contributed by atoms with van der Waals surface area (Å²) in [5, 5.41) is 4.47. The van der Waals surface area contributed by atoms with Crippen molar-refractivity contribution in [3.8, 4) is 0 Å². The number of carbonyl (C=O) groups excluding carboxylic acids is 1. The summed E-state index contributed by atoms with van der Waals surface area (Å²) < 4.78 is 32.6. The van der Waals surface area contributed by atoms with Gasteiger partial charge in [0.2, 0.25) is 0 Å². The first-order chi connectivity index (χ1) is 23.9. The van der Waals surface area contributed by atoms with Crippen molar-refractivity contribution in [2.75, 3.05) is 123 Å². The number of methoxy groups -OCH3 is 1. The fraction of sp³-hybridized carbons (Fsp3) is 0.588. The highest BCUT2D eigenvalue weighted by molar-refractivity contribution is 7.17. The molecule has 3 heterocycles. The lowest BCUT2D eigenvalue weighted by Crippen LogP contribution is -2.47. The first kappa shape index (κ1) is 39.0. The highest BCUT2D eigenvalue weighted by Gasteiger charge is 2.20. The van der Waals surface area contributed by atoms with Gasteiger partial charge in [0.25, 0.3) is 0 Å². The molecular weight excluding hydrogens is 672 g/mol. The van der Waals surface area contributed by atoms with Crippen LogP contribution in [0.1, 0.15) is 26.6 Å². The van der Waals surface area contributed by atoms with Crippen molar-refractivity contribution < 1.29 is 33.2 Å². The minimum Gasteiger partial charge on any atom is -0.382 e. The first-order valence-electron chi connectivity index (χ1n) is 16.6. The summed E-state index contributed by atoms with van der Waals surface area (Å²) in [6, 6.07) is 7.59.